The average Bonchev–Trinajstić information content (AvgIpc) is 2.58. The van der Waals surface area contributed by atoms with Crippen molar-refractivity contribution >= 4 is 39.6 Å². The molecule has 1 heterocycles. The van der Waals surface area contributed by atoms with Crippen molar-refractivity contribution in [3.8, 4) is 0 Å². The van der Waals surface area contributed by atoms with Crippen molar-refractivity contribution in [3.63, 3.8) is 0 Å². The van der Waals surface area contributed by atoms with E-state index < -0.39 is 12.0 Å². The van der Waals surface area contributed by atoms with Gasteiger partial charge in [0.15, 0.2) is 0 Å². The Bertz CT molecular complexity index is 504. The lowest BCUT2D eigenvalue weighted by molar-refractivity contribution is -0.141. The van der Waals surface area contributed by atoms with E-state index in [1.54, 1.807) is 11.8 Å². The van der Waals surface area contributed by atoms with E-state index >= 15 is 0 Å². The molecule has 8 heteroatoms. The van der Waals surface area contributed by atoms with Crippen LogP contribution in [0.1, 0.15) is 24.7 Å². The lowest BCUT2D eigenvalue weighted by atomic mass is 10.2. The first kappa shape index (κ1) is 17.0. The van der Waals surface area contributed by atoms with Crippen LogP contribution in [0.4, 0.5) is 0 Å². The van der Waals surface area contributed by atoms with Crippen LogP contribution < -0.4 is 5.32 Å². The number of aryl methyl sites for hydroxylation is 2. The van der Waals surface area contributed by atoms with Crippen LogP contribution in [0.3, 0.4) is 0 Å². The van der Waals surface area contributed by atoms with Crippen LogP contribution in [0.2, 0.25) is 0 Å². The van der Waals surface area contributed by atoms with Gasteiger partial charge in [0.2, 0.25) is 5.91 Å². The number of thioether (sulfide) groups is 1. The summed E-state index contributed by atoms with van der Waals surface area (Å²) in [6.45, 7) is 3.24. The molecule has 1 rings (SSSR count). The number of carboxylic acid groups (broad SMARTS) is 1. The molecule has 20 heavy (non-hydrogen) atoms. The molecule has 1 amide bonds. The molecular weight excluding hydrogens is 346 g/mol. The molecule has 1 aromatic rings. The topological polar surface area (TPSA) is 84.2 Å². The largest absolute Gasteiger partial charge is 0.480 e. The van der Waals surface area contributed by atoms with E-state index in [2.05, 4.69) is 26.3 Å². The highest BCUT2D eigenvalue weighted by atomic mass is 79.9. The number of rotatable bonds is 7. The van der Waals surface area contributed by atoms with Gasteiger partial charge in [0.05, 0.1) is 15.9 Å². The first-order chi connectivity index (χ1) is 9.32. The molecule has 0 saturated carbocycles. The van der Waals surface area contributed by atoms with Gasteiger partial charge in [0, 0.05) is 19.7 Å². The number of hydrogen-bond acceptors (Lipinski definition) is 4. The summed E-state index contributed by atoms with van der Waals surface area (Å²) in [6.07, 6.45) is 0.397. The minimum atomic E-state index is -1.00. The van der Waals surface area contributed by atoms with Crippen LogP contribution in [0, 0.1) is 6.92 Å². The van der Waals surface area contributed by atoms with Crippen LogP contribution in [-0.2, 0) is 22.4 Å². The third-order valence-corrected chi connectivity index (χ3v) is 4.76. The Kier molecular flexibility index (Phi) is 6.54. The van der Waals surface area contributed by atoms with Gasteiger partial charge < -0.3 is 10.4 Å². The second-order valence-electron chi connectivity index (χ2n) is 4.40. The highest BCUT2D eigenvalue weighted by molar-refractivity contribution is 9.10. The molecule has 0 aliphatic carbocycles. The van der Waals surface area contributed by atoms with E-state index in [0.717, 1.165) is 21.6 Å². The molecule has 0 radical (unpaired) electrons. The summed E-state index contributed by atoms with van der Waals surface area (Å²) in [6, 6.07) is -0.822. The second-order valence-corrected chi connectivity index (χ2v) is 6.30. The fourth-order valence-corrected chi connectivity index (χ4v) is 3.44. The first-order valence-corrected chi connectivity index (χ1v) is 8.03. The van der Waals surface area contributed by atoms with E-state index in [4.69, 9.17) is 5.11 Å². The molecule has 0 saturated heterocycles. The maximum absolute atomic E-state index is 11.0. The summed E-state index contributed by atoms with van der Waals surface area (Å²) in [5, 5.41) is 15.7. The number of carbonyl (C=O) groups excluding carboxylic acids is 1. The number of aromatic nitrogens is 2. The van der Waals surface area contributed by atoms with Crippen LogP contribution in [-0.4, -0.2) is 38.6 Å². The van der Waals surface area contributed by atoms with Gasteiger partial charge in [-0.15, -0.1) is 0 Å². The lowest BCUT2D eigenvalue weighted by Crippen LogP contribution is -2.39. The van der Waals surface area contributed by atoms with Gasteiger partial charge in [0.25, 0.3) is 0 Å². The van der Waals surface area contributed by atoms with Gasteiger partial charge in [0.1, 0.15) is 6.04 Å². The third kappa shape index (κ3) is 4.82. The van der Waals surface area contributed by atoms with Gasteiger partial charge in [-0.1, -0.05) is 0 Å². The Morgan fingerprint density at radius 1 is 1.55 bits per heavy atom. The Hall–Kier alpha value is -1.02. The Balaban J connectivity index is 2.44. The van der Waals surface area contributed by atoms with Crippen molar-refractivity contribution in [3.05, 3.63) is 15.9 Å². The Morgan fingerprint density at radius 2 is 2.20 bits per heavy atom. The molecular formula is C12H18BrN3O3S. The minimum absolute atomic E-state index is 0.326. The molecule has 0 aromatic carbocycles. The number of amides is 1. The predicted octanol–water partition coefficient (Wildman–Crippen LogP) is 1.70. The summed E-state index contributed by atoms with van der Waals surface area (Å²) in [5.74, 6) is 0.0592. The van der Waals surface area contributed by atoms with Crippen LogP contribution in [0.15, 0.2) is 4.47 Å². The summed E-state index contributed by atoms with van der Waals surface area (Å²) in [7, 11) is 1.88. The number of hydrogen-bond donors (Lipinski definition) is 2. The SMILES string of the molecule is CC(=O)NC(CCSCc1c(Br)c(C)nn1C)C(=O)O. The predicted molar refractivity (Wildman–Crippen MR) is 81.7 cm³/mol. The molecule has 0 aliphatic rings. The number of aliphatic carboxylic acids is 1. The van der Waals surface area contributed by atoms with E-state index in [9.17, 15) is 9.59 Å². The smallest absolute Gasteiger partial charge is 0.326 e. The fourth-order valence-electron chi connectivity index (χ4n) is 1.71. The van der Waals surface area contributed by atoms with Gasteiger partial charge >= 0.3 is 5.97 Å². The molecule has 2 N–H and O–H groups in total. The highest BCUT2D eigenvalue weighted by Gasteiger charge is 2.18. The monoisotopic (exact) mass is 363 g/mol. The number of halogens is 1. The zero-order chi connectivity index (χ0) is 15.3. The lowest BCUT2D eigenvalue weighted by Gasteiger charge is -2.12. The fraction of sp³-hybridized carbons (Fsp3) is 0.583. The molecule has 0 aliphatic heterocycles. The molecule has 0 spiro atoms. The van der Waals surface area contributed by atoms with Crippen molar-refractivity contribution in [2.75, 3.05) is 5.75 Å². The van der Waals surface area contributed by atoms with Gasteiger partial charge in [-0.3, -0.25) is 9.48 Å². The molecule has 112 valence electrons. The number of nitrogens with one attached hydrogen (secondary N) is 1. The highest BCUT2D eigenvalue weighted by Crippen LogP contribution is 2.24. The summed E-state index contributed by atoms with van der Waals surface area (Å²) in [5.41, 5.74) is 2.00. The molecule has 6 nitrogen and oxygen atoms in total. The van der Waals surface area contributed by atoms with Crippen molar-refractivity contribution < 1.29 is 14.7 Å². The van der Waals surface area contributed by atoms with Gasteiger partial charge in [-0.05, 0) is 35.0 Å². The van der Waals surface area contributed by atoms with E-state index in [0.29, 0.717) is 12.2 Å². The van der Waals surface area contributed by atoms with Crippen molar-refractivity contribution in [2.24, 2.45) is 7.05 Å². The quantitative estimate of drug-likeness (QED) is 0.720. The van der Waals surface area contributed by atoms with Crippen molar-refractivity contribution in [1.29, 1.82) is 0 Å². The maximum Gasteiger partial charge on any atom is 0.326 e. The minimum Gasteiger partial charge on any atom is -0.480 e. The average molecular weight is 364 g/mol. The first-order valence-electron chi connectivity index (χ1n) is 6.08. The normalized spacial score (nSPS) is 12.2. The van der Waals surface area contributed by atoms with Gasteiger partial charge in [-0.2, -0.15) is 16.9 Å². The third-order valence-electron chi connectivity index (χ3n) is 2.73. The standard InChI is InChI=1S/C12H18BrN3O3S/c1-7-11(13)10(16(3)15-7)6-20-5-4-9(12(18)19)14-8(2)17/h9H,4-6H2,1-3H3,(H,14,17)(H,18,19). The van der Waals surface area contributed by atoms with Crippen molar-refractivity contribution in [1.82, 2.24) is 15.1 Å². The van der Waals surface area contributed by atoms with E-state index in [-0.39, 0.29) is 5.91 Å². The number of carbonyl (C=O) groups is 2. The van der Waals surface area contributed by atoms with Crippen LogP contribution >= 0.6 is 27.7 Å². The summed E-state index contributed by atoms with van der Waals surface area (Å²) in [4.78, 5) is 21.9. The van der Waals surface area contributed by atoms with Gasteiger partial charge in [-0.25, -0.2) is 4.79 Å². The number of carboxylic acids is 1. The molecule has 1 atom stereocenters. The van der Waals surface area contributed by atoms with E-state index in [1.807, 2.05) is 18.7 Å². The number of nitrogens with zero attached hydrogens (tertiary/aromatic N) is 2. The zero-order valence-electron chi connectivity index (χ0n) is 11.6. The van der Waals surface area contributed by atoms with Crippen molar-refractivity contribution in [2.45, 2.75) is 32.1 Å². The summed E-state index contributed by atoms with van der Waals surface area (Å²) < 4.78 is 2.80. The molecule has 0 fully saturated rings. The van der Waals surface area contributed by atoms with E-state index in [1.165, 1.54) is 6.92 Å². The zero-order valence-corrected chi connectivity index (χ0v) is 14.0. The summed E-state index contributed by atoms with van der Waals surface area (Å²) >= 11 is 5.11. The van der Waals surface area contributed by atoms with Crippen LogP contribution in [0.5, 0.6) is 0 Å². The van der Waals surface area contributed by atoms with Crippen LogP contribution in [0.25, 0.3) is 0 Å². The molecule has 0 bridgehead atoms. The Labute approximate surface area is 130 Å². The molecule has 1 unspecified atom stereocenters. The second kappa shape index (κ2) is 7.68. The maximum atomic E-state index is 11.0. The molecule has 1 aromatic heterocycles. The Morgan fingerprint density at radius 3 is 2.65 bits per heavy atom.